The van der Waals surface area contributed by atoms with Crippen LogP contribution in [0.25, 0.3) is 11.0 Å². The van der Waals surface area contributed by atoms with Crippen LogP contribution in [0.15, 0.2) is 45.3 Å². The summed E-state index contributed by atoms with van der Waals surface area (Å²) in [5.74, 6) is -2.28. The first-order chi connectivity index (χ1) is 11.9. The number of carbonyl (C=O) groups is 1. The molecule has 0 saturated heterocycles. The summed E-state index contributed by atoms with van der Waals surface area (Å²) in [4.78, 5) is 12.5. The molecular weight excluding hydrogens is 394 g/mol. The van der Waals surface area contributed by atoms with E-state index in [1.54, 1.807) is 25.1 Å². The van der Waals surface area contributed by atoms with E-state index in [4.69, 9.17) is 4.42 Å². The molecular formula is C18H11BrF2N2O2. The van der Waals surface area contributed by atoms with Crippen LogP contribution >= 0.6 is 15.9 Å². The summed E-state index contributed by atoms with van der Waals surface area (Å²) in [6.07, 6.45) is 0. The largest absolute Gasteiger partial charge is 0.451 e. The zero-order valence-electron chi connectivity index (χ0n) is 12.9. The Bertz CT molecular complexity index is 1020. The minimum atomic E-state index is -1.27. The first-order valence-corrected chi connectivity index (χ1v) is 8.04. The second-order valence-electron chi connectivity index (χ2n) is 5.40. The fourth-order valence-electron chi connectivity index (χ4n) is 2.52. The topological polar surface area (TPSA) is 66.0 Å². The van der Waals surface area contributed by atoms with E-state index in [0.717, 1.165) is 22.0 Å². The van der Waals surface area contributed by atoms with Gasteiger partial charge in [0.1, 0.15) is 23.3 Å². The summed E-state index contributed by atoms with van der Waals surface area (Å²) < 4.78 is 33.3. The Labute approximate surface area is 150 Å². The summed E-state index contributed by atoms with van der Waals surface area (Å²) in [5, 5.41) is 12.4. The Kier molecular flexibility index (Phi) is 4.55. The molecule has 126 valence electrons. The third-order valence-electron chi connectivity index (χ3n) is 3.78. The fraction of sp³-hybridized carbons (Fsp3) is 0.111. The van der Waals surface area contributed by atoms with Crippen molar-refractivity contribution in [1.29, 1.82) is 5.26 Å². The highest BCUT2D eigenvalue weighted by molar-refractivity contribution is 9.10. The number of hydrogen-bond acceptors (Lipinski definition) is 3. The summed E-state index contributed by atoms with van der Waals surface area (Å²) in [6, 6.07) is 8.64. The van der Waals surface area contributed by atoms with Gasteiger partial charge in [-0.3, -0.25) is 4.79 Å². The van der Waals surface area contributed by atoms with Crippen molar-refractivity contribution in [3.8, 4) is 6.07 Å². The molecule has 4 nitrogen and oxygen atoms in total. The lowest BCUT2D eigenvalue weighted by molar-refractivity contribution is 0.0918. The number of aryl methyl sites for hydroxylation is 1. The summed E-state index contributed by atoms with van der Waals surface area (Å²) in [7, 11) is 0. The van der Waals surface area contributed by atoms with Gasteiger partial charge in [-0.25, -0.2) is 8.78 Å². The molecule has 1 unspecified atom stereocenters. The predicted molar refractivity (Wildman–Crippen MR) is 90.8 cm³/mol. The second kappa shape index (κ2) is 6.65. The molecule has 1 heterocycles. The first-order valence-electron chi connectivity index (χ1n) is 7.25. The molecule has 1 N–H and O–H groups in total. The molecule has 0 radical (unpaired) electrons. The molecule has 25 heavy (non-hydrogen) atoms. The van der Waals surface area contributed by atoms with Crippen LogP contribution in [0, 0.1) is 29.9 Å². The Balaban J connectivity index is 1.93. The number of nitriles is 1. The van der Waals surface area contributed by atoms with Crippen molar-refractivity contribution >= 4 is 32.8 Å². The maximum absolute atomic E-state index is 13.9. The van der Waals surface area contributed by atoms with Crippen LogP contribution in [0.5, 0.6) is 0 Å². The third-order valence-corrected chi connectivity index (χ3v) is 4.28. The number of benzene rings is 2. The first kappa shape index (κ1) is 17.1. The molecule has 3 rings (SSSR count). The lowest BCUT2D eigenvalue weighted by Gasteiger charge is -2.12. The van der Waals surface area contributed by atoms with Crippen LogP contribution in [-0.2, 0) is 0 Å². The van der Waals surface area contributed by atoms with Crippen LogP contribution in [0.1, 0.15) is 27.7 Å². The number of halogens is 3. The van der Waals surface area contributed by atoms with Crippen LogP contribution in [-0.4, -0.2) is 5.91 Å². The Morgan fingerprint density at radius 2 is 2.04 bits per heavy atom. The average Bonchev–Trinajstić information content (AvgIpc) is 2.90. The van der Waals surface area contributed by atoms with E-state index < -0.39 is 23.6 Å². The van der Waals surface area contributed by atoms with Gasteiger partial charge in [0.15, 0.2) is 5.76 Å². The van der Waals surface area contributed by atoms with Crippen LogP contribution < -0.4 is 5.32 Å². The molecule has 1 aromatic heterocycles. The van der Waals surface area contributed by atoms with Gasteiger partial charge in [0.05, 0.1) is 6.07 Å². The minimum absolute atomic E-state index is 0.0378. The van der Waals surface area contributed by atoms with E-state index in [9.17, 15) is 18.8 Å². The normalized spacial score (nSPS) is 12.0. The van der Waals surface area contributed by atoms with E-state index >= 15 is 0 Å². The number of hydrogen-bond donors (Lipinski definition) is 1. The van der Waals surface area contributed by atoms with Gasteiger partial charge in [0.2, 0.25) is 0 Å². The van der Waals surface area contributed by atoms with Gasteiger partial charge in [-0.15, -0.1) is 0 Å². The summed E-state index contributed by atoms with van der Waals surface area (Å²) in [5.41, 5.74) is 1.01. The van der Waals surface area contributed by atoms with Gasteiger partial charge >= 0.3 is 0 Å². The highest BCUT2D eigenvalue weighted by Gasteiger charge is 2.23. The number of fused-ring (bicyclic) bond motifs is 1. The van der Waals surface area contributed by atoms with Crippen molar-refractivity contribution in [3.63, 3.8) is 0 Å². The maximum atomic E-state index is 13.9. The monoisotopic (exact) mass is 404 g/mol. The predicted octanol–water partition coefficient (Wildman–Crippen LogP) is 4.78. The molecule has 0 fully saturated rings. The summed E-state index contributed by atoms with van der Waals surface area (Å²) in [6.45, 7) is 1.72. The van der Waals surface area contributed by atoms with Gasteiger partial charge in [-0.1, -0.05) is 22.0 Å². The maximum Gasteiger partial charge on any atom is 0.288 e. The number of rotatable bonds is 3. The molecule has 1 amide bonds. The Morgan fingerprint density at radius 1 is 1.28 bits per heavy atom. The second-order valence-corrected chi connectivity index (χ2v) is 6.31. The smallest absolute Gasteiger partial charge is 0.288 e. The van der Waals surface area contributed by atoms with Crippen LogP contribution in [0.2, 0.25) is 0 Å². The van der Waals surface area contributed by atoms with Crippen molar-refractivity contribution in [1.82, 2.24) is 5.32 Å². The fourth-order valence-corrected chi connectivity index (χ4v) is 2.88. The third kappa shape index (κ3) is 3.26. The number of carbonyl (C=O) groups excluding carboxylic acids is 1. The number of nitrogens with one attached hydrogen (secondary N) is 1. The molecule has 0 aliphatic carbocycles. The molecule has 0 saturated carbocycles. The Morgan fingerprint density at radius 3 is 2.72 bits per heavy atom. The average molecular weight is 405 g/mol. The quantitative estimate of drug-likeness (QED) is 0.683. The van der Waals surface area contributed by atoms with E-state index in [-0.39, 0.29) is 11.3 Å². The van der Waals surface area contributed by atoms with Gasteiger partial charge < -0.3 is 9.73 Å². The number of amides is 1. The highest BCUT2D eigenvalue weighted by Crippen LogP contribution is 2.28. The molecule has 0 spiro atoms. The van der Waals surface area contributed by atoms with Crippen molar-refractivity contribution < 1.29 is 18.0 Å². The van der Waals surface area contributed by atoms with Crippen LogP contribution in [0.4, 0.5) is 8.78 Å². The Hall–Kier alpha value is -2.72. The lowest BCUT2D eigenvalue weighted by Crippen LogP contribution is -2.28. The van der Waals surface area contributed by atoms with Crippen molar-refractivity contribution in [2.24, 2.45) is 0 Å². The van der Waals surface area contributed by atoms with Crippen molar-refractivity contribution in [3.05, 3.63) is 69.4 Å². The minimum Gasteiger partial charge on any atom is -0.451 e. The van der Waals surface area contributed by atoms with Crippen molar-refractivity contribution in [2.75, 3.05) is 0 Å². The van der Waals surface area contributed by atoms with E-state index in [1.807, 2.05) is 6.07 Å². The van der Waals surface area contributed by atoms with E-state index in [2.05, 4.69) is 21.2 Å². The zero-order chi connectivity index (χ0) is 18.1. The summed E-state index contributed by atoms with van der Waals surface area (Å²) >= 11 is 3.35. The van der Waals surface area contributed by atoms with Gasteiger partial charge in [0.25, 0.3) is 5.91 Å². The van der Waals surface area contributed by atoms with E-state index in [0.29, 0.717) is 17.2 Å². The highest BCUT2D eigenvalue weighted by atomic mass is 79.9. The number of furan rings is 1. The molecule has 0 bridgehead atoms. The number of nitrogens with zero attached hydrogens (tertiary/aromatic N) is 1. The molecule has 7 heteroatoms. The van der Waals surface area contributed by atoms with Gasteiger partial charge in [0, 0.05) is 27.1 Å². The van der Waals surface area contributed by atoms with E-state index in [1.165, 1.54) is 0 Å². The van der Waals surface area contributed by atoms with Gasteiger partial charge in [-0.05, 0) is 31.2 Å². The zero-order valence-corrected chi connectivity index (χ0v) is 14.5. The lowest BCUT2D eigenvalue weighted by atomic mass is 10.1. The molecule has 3 aromatic rings. The van der Waals surface area contributed by atoms with Crippen LogP contribution in [0.3, 0.4) is 0 Å². The SMILES string of the molecule is Cc1c(C(=O)NC(C#N)c2ccc(F)cc2F)oc2ccc(Br)cc12. The van der Waals surface area contributed by atoms with Crippen molar-refractivity contribution in [2.45, 2.75) is 13.0 Å². The molecule has 1 atom stereocenters. The molecule has 0 aliphatic heterocycles. The van der Waals surface area contributed by atoms with Gasteiger partial charge in [-0.2, -0.15) is 5.26 Å². The molecule has 0 aliphatic rings. The molecule has 2 aromatic carbocycles. The standard InChI is InChI=1S/C18H11BrF2N2O2/c1-9-13-6-10(19)2-5-16(13)25-17(9)18(24)23-15(8-22)12-4-3-11(20)7-14(12)21/h2-7,15H,1H3,(H,23,24).